The fourth-order valence-electron chi connectivity index (χ4n) is 2.32. The van der Waals surface area contributed by atoms with Gasteiger partial charge in [-0.2, -0.15) is 0 Å². The molecule has 88 valence electrons. The van der Waals surface area contributed by atoms with Crippen LogP contribution in [-0.4, -0.2) is 6.04 Å². The second-order valence-corrected chi connectivity index (χ2v) is 5.39. The van der Waals surface area contributed by atoms with Crippen molar-refractivity contribution in [2.75, 3.05) is 0 Å². The fraction of sp³-hybridized carbons (Fsp3) is 0.600. The molecule has 2 rings (SSSR count). The van der Waals surface area contributed by atoms with Gasteiger partial charge in [-0.05, 0) is 30.7 Å². The highest BCUT2D eigenvalue weighted by molar-refractivity contribution is 5.19. The quantitative estimate of drug-likeness (QED) is 0.788. The number of hydrogen-bond acceptors (Lipinski definition) is 1. The lowest BCUT2D eigenvalue weighted by molar-refractivity contribution is 0.285. The zero-order valence-electron chi connectivity index (χ0n) is 10.4. The Morgan fingerprint density at radius 1 is 1.19 bits per heavy atom. The molecule has 0 saturated heterocycles. The second kappa shape index (κ2) is 5.49. The van der Waals surface area contributed by atoms with E-state index in [2.05, 4.69) is 49.5 Å². The molecule has 1 aliphatic rings. The highest BCUT2D eigenvalue weighted by Crippen LogP contribution is 2.26. The van der Waals surface area contributed by atoms with Crippen LogP contribution in [0.3, 0.4) is 0 Å². The molecule has 1 aromatic carbocycles. The van der Waals surface area contributed by atoms with Crippen LogP contribution in [0.25, 0.3) is 0 Å². The minimum absolute atomic E-state index is 0.548. The van der Waals surface area contributed by atoms with Gasteiger partial charge in [-0.1, -0.05) is 50.6 Å². The monoisotopic (exact) mass is 217 g/mol. The Bertz CT molecular complexity index is 300. The van der Waals surface area contributed by atoms with E-state index >= 15 is 0 Å². The number of rotatable bonds is 5. The van der Waals surface area contributed by atoms with Crippen LogP contribution in [0.2, 0.25) is 0 Å². The zero-order valence-corrected chi connectivity index (χ0v) is 10.4. The van der Waals surface area contributed by atoms with Gasteiger partial charge in [-0.15, -0.1) is 0 Å². The van der Waals surface area contributed by atoms with E-state index in [4.69, 9.17) is 0 Å². The van der Waals surface area contributed by atoms with Crippen LogP contribution in [0.1, 0.15) is 51.1 Å². The minimum atomic E-state index is 0.548. The minimum Gasteiger partial charge on any atom is -0.307 e. The number of benzene rings is 1. The van der Waals surface area contributed by atoms with Gasteiger partial charge in [-0.25, -0.2) is 0 Å². The van der Waals surface area contributed by atoms with Crippen LogP contribution in [0.4, 0.5) is 0 Å². The van der Waals surface area contributed by atoms with Gasteiger partial charge in [0.1, 0.15) is 0 Å². The number of nitrogens with one attached hydrogen (secondary N) is 1. The summed E-state index contributed by atoms with van der Waals surface area (Å²) in [5, 5.41) is 3.80. The van der Waals surface area contributed by atoms with Gasteiger partial charge >= 0.3 is 0 Å². The standard InChI is InChI=1S/C15H23N/c1-12(2)11-15(16-14-9-6-10-14)13-7-4-3-5-8-13/h3-5,7-8,12,14-16H,6,9-11H2,1-2H3. The van der Waals surface area contributed by atoms with Crippen LogP contribution in [0.15, 0.2) is 30.3 Å². The first-order valence-electron chi connectivity index (χ1n) is 6.56. The normalized spacial score (nSPS) is 18.4. The molecule has 16 heavy (non-hydrogen) atoms. The van der Waals surface area contributed by atoms with E-state index in [0.29, 0.717) is 6.04 Å². The molecular formula is C15H23N. The Hall–Kier alpha value is -0.820. The first-order valence-corrected chi connectivity index (χ1v) is 6.56. The van der Waals surface area contributed by atoms with Crippen molar-refractivity contribution in [2.24, 2.45) is 5.92 Å². The molecule has 1 aromatic rings. The van der Waals surface area contributed by atoms with Gasteiger partial charge < -0.3 is 5.32 Å². The van der Waals surface area contributed by atoms with E-state index < -0.39 is 0 Å². The summed E-state index contributed by atoms with van der Waals surface area (Å²) >= 11 is 0. The molecule has 1 heteroatoms. The maximum atomic E-state index is 3.80. The predicted molar refractivity (Wildman–Crippen MR) is 69.4 cm³/mol. The fourth-order valence-corrected chi connectivity index (χ4v) is 2.32. The predicted octanol–water partition coefficient (Wildman–Crippen LogP) is 3.92. The topological polar surface area (TPSA) is 12.0 Å². The molecule has 0 spiro atoms. The van der Waals surface area contributed by atoms with Crippen molar-refractivity contribution in [1.82, 2.24) is 5.32 Å². The van der Waals surface area contributed by atoms with Crippen LogP contribution < -0.4 is 5.32 Å². The Morgan fingerprint density at radius 2 is 1.88 bits per heavy atom. The van der Waals surface area contributed by atoms with Crippen molar-refractivity contribution in [1.29, 1.82) is 0 Å². The molecule has 0 aliphatic heterocycles. The lowest BCUT2D eigenvalue weighted by atomic mass is 9.89. The molecule has 0 radical (unpaired) electrons. The number of hydrogen-bond donors (Lipinski definition) is 1. The van der Waals surface area contributed by atoms with Crippen LogP contribution >= 0.6 is 0 Å². The second-order valence-electron chi connectivity index (χ2n) is 5.39. The summed E-state index contributed by atoms with van der Waals surface area (Å²) in [5.41, 5.74) is 1.45. The van der Waals surface area contributed by atoms with E-state index in [0.717, 1.165) is 12.0 Å². The SMILES string of the molecule is CC(C)CC(NC1CCC1)c1ccccc1. The van der Waals surface area contributed by atoms with Gasteiger partial charge in [0.25, 0.3) is 0 Å². The van der Waals surface area contributed by atoms with Crippen molar-refractivity contribution in [2.45, 2.75) is 51.6 Å². The first-order chi connectivity index (χ1) is 7.75. The summed E-state index contributed by atoms with van der Waals surface area (Å²) in [6.07, 6.45) is 5.37. The first kappa shape index (κ1) is 11.7. The summed E-state index contributed by atoms with van der Waals surface area (Å²) in [6, 6.07) is 12.2. The van der Waals surface area contributed by atoms with Crippen molar-refractivity contribution in [3.8, 4) is 0 Å². The van der Waals surface area contributed by atoms with E-state index in [1.54, 1.807) is 0 Å². The Kier molecular flexibility index (Phi) is 4.00. The van der Waals surface area contributed by atoms with Gasteiger partial charge in [0.05, 0.1) is 0 Å². The van der Waals surface area contributed by atoms with Gasteiger partial charge in [-0.3, -0.25) is 0 Å². The molecule has 1 atom stereocenters. The van der Waals surface area contributed by atoms with E-state index in [-0.39, 0.29) is 0 Å². The molecule has 1 N–H and O–H groups in total. The molecular weight excluding hydrogens is 194 g/mol. The summed E-state index contributed by atoms with van der Waals surface area (Å²) < 4.78 is 0. The zero-order chi connectivity index (χ0) is 11.4. The smallest absolute Gasteiger partial charge is 0.0325 e. The third-order valence-electron chi connectivity index (χ3n) is 3.45. The molecule has 1 nitrogen and oxygen atoms in total. The molecule has 0 bridgehead atoms. The van der Waals surface area contributed by atoms with E-state index in [1.165, 1.54) is 31.2 Å². The maximum Gasteiger partial charge on any atom is 0.0325 e. The Balaban J connectivity index is 2.01. The molecule has 1 aliphatic carbocycles. The van der Waals surface area contributed by atoms with Crippen molar-refractivity contribution < 1.29 is 0 Å². The molecule has 0 amide bonds. The van der Waals surface area contributed by atoms with Crippen LogP contribution in [0, 0.1) is 5.92 Å². The Labute approximate surface area is 99.3 Å². The Morgan fingerprint density at radius 3 is 2.38 bits per heavy atom. The maximum absolute atomic E-state index is 3.80. The third kappa shape index (κ3) is 3.08. The average Bonchev–Trinajstić information content (AvgIpc) is 2.22. The van der Waals surface area contributed by atoms with Crippen LogP contribution in [-0.2, 0) is 0 Å². The van der Waals surface area contributed by atoms with E-state index in [9.17, 15) is 0 Å². The highest BCUT2D eigenvalue weighted by atomic mass is 15.0. The molecule has 1 unspecified atom stereocenters. The summed E-state index contributed by atoms with van der Waals surface area (Å²) in [6.45, 7) is 4.61. The lowest BCUT2D eigenvalue weighted by Gasteiger charge is -2.32. The molecule has 1 fully saturated rings. The largest absolute Gasteiger partial charge is 0.307 e. The lowest BCUT2D eigenvalue weighted by Crippen LogP contribution is -2.38. The van der Waals surface area contributed by atoms with Gasteiger partial charge in [0, 0.05) is 12.1 Å². The molecule has 1 saturated carbocycles. The van der Waals surface area contributed by atoms with Gasteiger partial charge in [0.2, 0.25) is 0 Å². The third-order valence-corrected chi connectivity index (χ3v) is 3.45. The summed E-state index contributed by atoms with van der Waals surface area (Å²) in [5.74, 6) is 0.748. The van der Waals surface area contributed by atoms with Crippen molar-refractivity contribution >= 4 is 0 Å². The van der Waals surface area contributed by atoms with E-state index in [1.807, 2.05) is 0 Å². The molecule has 0 heterocycles. The summed E-state index contributed by atoms with van der Waals surface area (Å²) in [4.78, 5) is 0. The highest BCUT2D eigenvalue weighted by Gasteiger charge is 2.22. The average molecular weight is 217 g/mol. The van der Waals surface area contributed by atoms with Gasteiger partial charge in [0.15, 0.2) is 0 Å². The van der Waals surface area contributed by atoms with Crippen molar-refractivity contribution in [3.63, 3.8) is 0 Å². The summed E-state index contributed by atoms with van der Waals surface area (Å²) in [7, 11) is 0. The molecule has 0 aromatic heterocycles. The van der Waals surface area contributed by atoms with Crippen molar-refractivity contribution in [3.05, 3.63) is 35.9 Å². The van der Waals surface area contributed by atoms with Crippen LogP contribution in [0.5, 0.6) is 0 Å².